The molecule has 2 aromatic carbocycles. The Morgan fingerprint density at radius 1 is 0.885 bits per heavy atom. The van der Waals surface area contributed by atoms with Gasteiger partial charge in [0.2, 0.25) is 0 Å². The molecule has 0 amide bonds. The molecule has 2 N–H and O–H groups in total. The predicted octanol–water partition coefficient (Wildman–Crippen LogP) is 3.66. The van der Waals surface area contributed by atoms with E-state index in [1.807, 2.05) is 55.5 Å². The van der Waals surface area contributed by atoms with Gasteiger partial charge in [-0.1, -0.05) is 59.9 Å². The lowest BCUT2D eigenvalue weighted by atomic mass is 10.0. The third kappa shape index (κ3) is 2.98. The van der Waals surface area contributed by atoms with Crippen molar-refractivity contribution in [1.82, 2.24) is 25.6 Å². The minimum absolute atomic E-state index is 0.0885. The summed E-state index contributed by atoms with van der Waals surface area (Å²) in [6.45, 7) is 1.93. The van der Waals surface area contributed by atoms with Crippen LogP contribution in [-0.2, 0) is 0 Å². The summed E-state index contributed by atoms with van der Waals surface area (Å²) in [6.07, 6.45) is 0. The number of carbonyl (C=O) groups is 1. The monoisotopic (exact) mass is 363 g/mol. The number of carboxylic acid groups (broad SMARTS) is 1. The summed E-state index contributed by atoms with van der Waals surface area (Å²) in [5, 5.41) is 29.1. The molecule has 7 nitrogen and oxygen atoms in total. The smallest absolute Gasteiger partial charge is 0.358 e. The number of H-pyrrole nitrogens is 1. The number of aromatic nitrogens is 5. The van der Waals surface area contributed by atoms with Crippen LogP contribution in [0.3, 0.4) is 0 Å². The highest BCUT2D eigenvalue weighted by Gasteiger charge is 2.16. The van der Waals surface area contributed by atoms with Crippen molar-refractivity contribution >= 4 is 17.3 Å². The van der Waals surface area contributed by atoms with E-state index in [0.29, 0.717) is 11.3 Å². The van der Waals surface area contributed by atoms with Gasteiger partial charge in [0.1, 0.15) is 15.7 Å². The second-order valence-electron chi connectivity index (χ2n) is 5.61. The zero-order valence-corrected chi connectivity index (χ0v) is 14.5. The third-order valence-electron chi connectivity index (χ3n) is 3.90. The predicted molar refractivity (Wildman–Crippen MR) is 97.9 cm³/mol. The van der Waals surface area contributed by atoms with Crippen LogP contribution in [0.5, 0.6) is 0 Å². The molecule has 0 aliphatic rings. The van der Waals surface area contributed by atoms with Gasteiger partial charge in [0.15, 0.2) is 5.69 Å². The molecular formula is C18H13N5O2S. The fourth-order valence-corrected chi connectivity index (χ4v) is 3.32. The number of hydrogen-bond donors (Lipinski definition) is 2. The maximum Gasteiger partial charge on any atom is 0.358 e. The van der Waals surface area contributed by atoms with Crippen LogP contribution in [0.2, 0.25) is 0 Å². The maximum atomic E-state index is 11.2. The molecule has 0 radical (unpaired) electrons. The largest absolute Gasteiger partial charge is 0.476 e. The molecule has 0 spiro atoms. The molecule has 0 saturated heterocycles. The Balaban J connectivity index is 1.61. The van der Waals surface area contributed by atoms with Crippen molar-refractivity contribution in [3.8, 4) is 33.0 Å². The van der Waals surface area contributed by atoms with E-state index in [-0.39, 0.29) is 5.69 Å². The molecule has 8 heteroatoms. The molecular weight excluding hydrogens is 350 g/mol. The van der Waals surface area contributed by atoms with Crippen molar-refractivity contribution in [2.45, 2.75) is 6.92 Å². The fourth-order valence-electron chi connectivity index (χ4n) is 2.62. The number of hydrogen-bond acceptors (Lipinski definition) is 6. The lowest BCUT2D eigenvalue weighted by Crippen LogP contribution is -1.99. The molecule has 0 atom stereocenters. The van der Waals surface area contributed by atoms with Crippen molar-refractivity contribution in [3.05, 3.63) is 59.2 Å². The van der Waals surface area contributed by atoms with Gasteiger partial charge >= 0.3 is 5.97 Å². The summed E-state index contributed by atoms with van der Waals surface area (Å²) in [6, 6.07) is 15.6. The van der Waals surface area contributed by atoms with E-state index < -0.39 is 5.97 Å². The number of nitrogens with zero attached hydrogens (tertiary/aromatic N) is 4. The van der Waals surface area contributed by atoms with Crippen LogP contribution in [0, 0.1) is 6.92 Å². The van der Waals surface area contributed by atoms with E-state index in [1.54, 1.807) is 11.3 Å². The minimum Gasteiger partial charge on any atom is -0.476 e. The van der Waals surface area contributed by atoms with Crippen LogP contribution in [0.15, 0.2) is 48.5 Å². The van der Waals surface area contributed by atoms with Crippen LogP contribution in [0.4, 0.5) is 0 Å². The van der Waals surface area contributed by atoms with Gasteiger partial charge in [-0.15, -0.1) is 15.3 Å². The van der Waals surface area contributed by atoms with Crippen molar-refractivity contribution in [3.63, 3.8) is 0 Å². The summed E-state index contributed by atoms with van der Waals surface area (Å²) in [5.41, 5.74) is 4.04. The Morgan fingerprint density at radius 2 is 1.46 bits per heavy atom. The van der Waals surface area contributed by atoms with Gasteiger partial charge in [0, 0.05) is 11.1 Å². The first kappa shape index (κ1) is 16.1. The fraction of sp³-hybridized carbons (Fsp3) is 0.0556. The summed E-state index contributed by atoms with van der Waals surface area (Å²) in [5.74, 6) is -1.11. The lowest BCUT2D eigenvalue weighted by molar-refractivity contribution is 0.0691. The zero-order valence-electron chi connectivity index (χ0n) is 13.7. The van der Waals surface area contributed by atoms with E-state index in [9.17, 15) is 4.79 Å². The molecule has 0 saturated carbocycles. The molecule has 0 unspecified atom stereocenters. The van der Waals surface area contributed by atoms with Crippen LogP contribution in [0.1, 0.15) is 15.5 Å². The van der Waals surface area contributed by atoms with Crippen molar-refractivity contribution in [2.75, 3.05) is 0 Å². The Hall–Kier alpha value is -3.39. The normalized spacial score (nSPS) is 10.8. The summed E-state index contributed by atoms with van der Waals surface area (Å²) < 4.78 is 0. The molecule has 0 aliphatic heterocycles. The second-order valence-corrected chi connectivity index (χ2v) is 6.79. The minimum atomic E-state index is -1.11. The van der Waals surface area contributed by atoms with E-state index in [0.717, 1.165) is 26.7 Å². The molecule has 0 aliphatic carbocycles. The Labute approximate surface area is 152 Å². The van der Waals surface area contributed by atoms with Crippen LogP contribution in [-0.4, -0.2) is 36.7 Å². The molecule has 4 aromatic rings. The van der Waals surface area contributed by atoms with E-state index in [1.165, 1.54) is 0 Å². The molecule has 0 fully saturated rings. The number of aryl methyl sites for hydroxylation is 1. The SMILES string of the molecule is Cc1nnc(-c2ccc(-c3ccc(-c4n[nH]nc4C(=O)O)cc3)cc2)s1. The first-order chi connectivity index (χ1) is 12.6. The molecule has 0 bridgehead atoms. The van der Waals surface area contributed by atoms with Crippen LogP contribution < -0.4 is 0 Å². The van der Waals surface area contributed by atoms with Gasteiger partial charge in [-0.2, -0.15) is 10.3 Å². The van der Waals surface area contributed by atoms with Gasteiger partial charge in [-0.3, -0.25) is 0 Å². The van der Waals surface area contributed by atoms with Crippen molar-refractivity contribution in [1.29, 1.82) is 0 Å². The van der Waals surface area contributed by atoms with E-state index in [2.05, 4.69) is 25.6 Å². The Morgan fingerprint density at radius 3 is 2.00 bits per heavy atom. The number of carboxylic acids is 1. The number of aromatic amines is 1. The van der Waals surface area contributed by atoms with Crippen LogP contribution >= 0.6 is 11.3 Å². The molecule has 26 heavy (non-hydrogen) atoms. The Kier molecular flexibility index (Phi) is 4.02. The average Bonchev–Trinajstić information content (AvgIpc) is 3.31. The standard InChI is InChI=1S/C18H13N5O2S/c1-10-19-22-17(26-10)14-8-4-12(5-9-14)11-2-6-13(7-3-11)15-16(18(24)25)21-23-20-15/h2-9H,1H3,(H,24,25)(H,20,21,23). The molecule has 128 valence electrons. The summed E-state index contributed by atoms with van der Waals surface area (Å²) >= 11 is 1.56. The number of benzene rings is 2. The van der Waals surface area contributed by atoms with Gasteiger partial charge in [-0.25, -0.2) is 4.79 Å². The summed E-state index contributed by atoms with van der Waals surface area (Å²) in [7, 11) is 0. The topological polar surface area (TPSA) is 105 Å². The first-order valence-electron chi connectivity index (χ1n) is 7.77. The second kappa shape index (κ2) is 6.49. The molecule has 4 rings (SSSR count). The highest BCUT2D eigenvalue weighted by Crippen LogP contribution is 2.28. The number of aromatic carboxylic acids is 1. The van der Waals surface area contributed by atoms with Gasteiger partial charge in [-0.05, 0) is 18.1 Å². The molecule has 2 aromatic heterocycles. The van der Waals surface area contributed by atoms with E-state index in [4.69, 9.17) is 5.11 Å². The Bertz CT molecular complexity index is 1070. The quantitative estimate of drug-likeness (QED) is 0.573. The van der Waals surface area contributed by atoms with Crippen molar-refractivity contribution in [2.24, 2.45) is 0 Å². The first-order valence-corrected chi connectivity index (χ1v) is 8.59. The van der Waals surface area contributed by atoms with Gasteiger partial charge < -0.3 is 5.11 Å². The highest BCUT2D eigenvalue weighted by molar-refractivity contribution is 7.14. The molecule has 2 heterocycles. The average molecular weight is 363 g/mol. The van der Waals surface area contributed by atoms with Crippen LogP contribution in [0.25, 0.3) is 33.0 Å². The maximum absolute atomic E-state index is 11.2. The number of nitrogens with one attached hydrogen (secondary N) is 1. The number of rotatable bonds is 4. The summed E-state index contributed by atoms with van der Waals surface area (Å²) in [4.78, 5) is 11.2. The highest BCUT2D eigenvalue weighted by atomic mass is 32.1. The van der Waals surface area contributed by atoms with Crippen molar-refractivity contribution < 1.29 is 9.90 Å². The third-order valence-corrected chi connectivity index (χ3v) is 4.79. The van der Waals surface area contributed by atoms with Gasteiger partial charge in [0.25, 0.3) is 0 Å². The van der Waals surface area contributed by atoms with Gasteiger partial charge in [0.05, 0.1) is 0 Å². The lowest BCUT2D eigenvalue weighted by Gasteiger charge is -2.04. The van der Waals surface area contributed by atoms with E-state index >= 15 is 0 Å². The zero-order chi connectivity index (χ0) is 18.1.